The van der Waals surface area contributed by atoms with Crippen molar-refractivity contribution >= 4 is 5.91 Å². The number of ether oxygens (including phenoxy) is 2. The number of methoxy groups -OCH3 is 2. The van der Waals surface area contributed by atoms with Crippen LogP contribution in [0.5, 0.6) is 11.5 Å². The number of amides is 1. The van der Waals surface area contributed by atoms with Gasteiger partial charge in [0.2, 0.25) is 5.91 Å². The Morgan fingerprint density at radius 3 is 2.54 bits per heavy atom. The van der Waals surface area contributed by atoms with Crippen molar-refractivity contribution in [1.29, 1.82) is 0 Å². The molecule has 3 unspecified atom stereocenters. The zero-order chi connectivity index (χ0) is 18.4. The second-order valence-electron chi connectivity index (χ2n) is 7.99. The molecule has 6 nitrogen and oxygen atoms in total. The Balaban J connectivity index is 1.60. The number of fused-ring (bicyclic) bond motifs is 3. The molecule has 6 heteroatoms. The summed E-state index contributed by atoms with van der Waals surface area (Å²) in [6.07, 6.45) is 2.51. The summed E-state index contributed by atoms with van der Waals surface area (Å²) in [7, 11) is 3.35. The summed E-state index contributed by atoms with van der Waals surface area (Å²) < 4.78 is 11.0. The van der Waals surface area contributed by atoms with E-state index in [9.17, 15) is 4.79 Å². The third kappa shape index (κ3) is 2.85. The molecular weight excluding hydrogens is 330 g/mol. The Morgan fingerprint density at radius 2 is 1.88 bits per heavy atom. The summed E-state index contributed by atoms with van der Waals surface area (Å²) >= 11 is 0. The van der Waals surface area contributed by atoms with Crippen LogP contribution in [0.15, 0.2) is 12.1 Å². The van der Waals surface area contributed by atoms with E-state index in [1.165, 1.54) is 11.1 Å². The molecule has 3 aliphatic rings. The van der Waals surface area contributed by atoms with Gasteiger partial charge in [0.15, 0.2) is 11.5 Å². The van der Waals surface area contributed by atoms with Gasteiger partial charge in [-0.05, 0) is 42.0 Å². The number of rotatable bonds is 3. The Bertz CT molecular complexity index is 708. The minimum Gasteiger partial charge on any atom is -0.493 e. The van der Waals surface area contributed by atoms with Gasteiger partial charge in [-0.25, -0.2) is 0 Å². The van der Waals surface area contributed by atoms with Gasteiger partial charge in [-0.1, -0.05) is 6.92 Å². The van der Waals surface area contributed by atoms with Gasteiger partial charge < -0.3 is 20.1 Å². The number of nitrogens with zero attached hydrogens (tertiary/aromatic N) is 2. The number of carbonyl (C=O) groups excluding carboxylic acids is 1. The number of benzene rings is 1. The van der Waals surface area contributed by atoms with E-state index in [0.717, 1.165) is 44.0 Å². The van der Waals surface area contributed by atoms with E-state index in [1.54, 1.807) is 14.2 Å². The van der Waals surface area contributed by atoms with E-state index in [0.29, 0.717) is 18.4 Å². The van der Waals surface area contributed by atoms with Gasteiger partial charge in [0.25, 0.3) is 0 Å². The second-order valence-corrected chi connectivity index (χ2v) is 7.99. The molecule has 2 N–H and O–H groups in total. The molecular formula is C20H29N3O3. The highest BCUT2D eigenvalue weighted by molar-refractivity contribution is 5.79. The number of piperidine rings is 1. The molecule has 0 spiro atoms. The summed E-state index contributed by atoms with van der Waals surface area (Å²) in [6, 6.07) is 4.64. The fourth-order valence-corrected chi connectivity index (χ4v) is 4.93. The van der Waals surface area contributed by atoms with Crippen LogP contribution in [0.25, 0.3) is 0 Å². The first-order valence-corrected chi connectivity index (χ1v) is 9.55. The standard InChI is InChI=1S/C20H29N3O3/c1-12-6-20(24)23(10-12)17-11-22-5-4-13-7-18(25-2)19(26-3)8-14(13)16(22)9-15(17)21/h7-8,12,15-17H,4-6,9-11,21H2,1-3H3/t12-,15?,16?,17?/m0/s1. The van der Waals surface area contributed by atoms with Gasteiger partial charge in [-0.3, -0.25) is 9.69 Å². The van der Waals surface area contributed by atoms with Crippen molar-refractivity contribution in [3.63, 3.8) is 0 Å². The maximum Gasteiger partial charge on any atom is 0.223 e. The van der Waals surface area contributed by atoms with Gasteiger partial charge in [-0.15, -0.1) is 0 Å². The Labute approximate surface area is 155 Å². The zero-order valence-corrected chi connectivity index (χ0v) is 15.9. The van der Waals surface area contributed by atoms with Crippen LogP contribution < -0.4 is 15.2 Å². The Morgan fingerprint density at radius 1 is 1.15 bits per heavy atom. The average Bonchev–Trinajstić information content (AvgIpc) is 2.97. The number of hydrogen-bond donors (Lipinski definition) is 1. The Hall–Kier alpha value is -1.79. The number of nitrogens with two attached hydrogens (primary N) is 1. The van der Waals surface area contributed by atoms with E-state index < -0.39 is 0 Å². The van der Waals surface area contributed by atoms with Crippen LogP contribution in [0.1, 0.15) is 36.9 Å². The highest BCUT2D eigenvalue weighted by Gasteiger charge is 2.43. The SMILES string of the molecule is COc1cc2c(cc1OC)C1CC(N)C(N3C[C@@H](C)CC3=O)CN1CC2. The molecule has 0 aromatic heterocycles. The second kappa shape index (κ2) is 6.74. The molecule has 3 heterocycles. The highest BCUT2D eigenvalue weighted by atomic mass is 16.5. The number of hydrogen-bond acceptors (Lipinski definition) is 5. The third-order valence-electron chi connectivity index (χ3n) is 6.28. The summed E-state index contributed by atoms with van der Waals surface area (Å²) in [4.78, 5) is 16.9. The molecule has 3 aliphatic heterocycles. The van der Waals surface area contributed by atoms with Crippen molar-refractivity contribution < 1.29 is 14.3 Å². The van der Waals surface area contributed by atoms with Crippen LogP contribution in [0, 0.1) is 5.92 Å². The molecule has 1 aromatic carbocycles. The van der Waals surface area contributed by atoms with Crippen molar-refractivity contribution in [2.45, 2.75) is 44.3 Å². The largest absolute Gasteiger partial charge is 0.493 e. The summed E-state index contributed by atoms with van der Waals surface area (Å²) in [5, 5.41) is 0. The van der Waals surface area contributed by atoms with Gasteiger partial charge in [-0.2, -0.15) is 0 Å². The van der Waals surface area contributed by atoms with Crippen LogP contribution >= 0.6 is 0 Å². The van der Waals surface area contributed by atoms with Crippen molar-refractivity contribution in [3.05, 3.63) is 23.3 Å². The average molecular weight is 359 g/mol. The molecule has 26 heavy (non-hydrogen) atoms. The van der Waals surface area contributed by atoms with E-state index in [4.69, 9.17) is 15.2 Å². The fraction of sp³-hybridized carbons (Fsp3) is 0.650. The maximum atomic E-state index is 12.4. The molecule has 0 aliphatic carbocycles. The normalized spacial score (nSPS) is 31.5. The van der Waals surface area contributed by atoms with Crippen molar-refractivity contribution in [1.82, 2.24) is 9.80 Å². The molecule has 4 atom stereocenters. The Kier molecular flexibility index (Phi) is 4.57. The first-order chi connectivity index (χ1) is 12.5. The molecule has 4 rings (SSSR count). The lowest BCUT2D eigenvalue weighted by Gasteiger charge is -2.48. The van der Waals surface area contributed by atoms with Gasteiger partial charge >= 0.3 is 0 Å². The van der Waals surface area contributed by atoms with E-state index in [1.807, 2.05) is 4.90 Å². The van der Waals surface area contributed by atoms with Gasteiger partial charge in [0.1, 0.15) is 0 Å². The van der Waals surface area contributed by atoms with Crippen molar-refractivity contribution in [3.8, 4) is 11.5 Å². The lowest BCUT2D eigenvalue weighted by Crippen LogP contribution is -2.60. The minimum atomic E-state index is 0.00421. The van der Waals surface area contributed by atoms with Crippen LogP contribution in [0.4, 0.5) is 0 Å². The quantitative estimate of drug-likeness (QED) is 0.887. The van der Waals surface area contributed by atoms with Crippen LogP contribution in [0.3, 0.4) is 0 Å². The predicted octanol–water partition coefficient (Wildman–Crippen LogP) is 1.57. The third-order valence-corrected chi connectivity index (χ3v) is 6.28. The monoisotopic (exact) mass is 359 g/mol. The molecule has 0 radical (unpaired) electrons. The molecule has 142 valence electrons. The lowest BCUT2D eigenvalue weighted by molar-refractivity contribution is -0.131. The first kappa shape index (κ1) is 17.6. The zero-order valence-electron chi connectivity index (χ0n) is 15.9. The number of carbonyl (C=O) groups is 1. The van der Waals surface area contributed by atoms with Gasteiger partial charge in [0.05, 0.1) is 20.3 Å². The highest BCUT2D eigenvalue weighted by Crippen LogP contribution is 2.42. The van der Waals surface area contributed by atoms with E-state index >= 15 is 0 Å². The predicted molar refractivity (Wildman–Crippen MR) is 99.4 cm³/mol. The summed E-state index contributed by atoms with van der Waals surface area (Å²) in [6.45, 7) is 4.84. The number of likely N-dealkylation sites (tertiary alicyclic amines) is 1. The molecule has 1 amide bonds. The van der Waals surface area contributed by atoms with Crippen LogP contribution in [0.2, 0.25) is 0 Å². The molecule has 0 bridgehead atoms. The lowest BCUT2D eigenvalue weighted by atomic mass is 9.83. The summed E-state index contributed by atoms with van der Waals surface area (Å²) in [5.74, 6) is 2.26. The first-order valence-electron chi connectivity index (χ1n) is 9.55. The molecule has 0 saturated carbocycles. The minimum absolute atomic E-state index is 0.00421. The molecule has 1 aromatic rings. The maximum absolute atomic E-state index is 12.4. The fourth-order valence-electron chi connectivity index (χ4n) is 4.93. The van der Waals surface area contributed by atoms with E-state index in [2.05, 4.69) is 24.0 Å². The van der Waals surface area contributed by atoms with Crippen LogP contribution in [-0.4, -0.2) is 61.6 Å². The van der Waals surface area contributed by atoms with Crippen LogP contribution in [-0.2, 0) is 11.2 Å². The van der Waals surface area contributed by atoms with E-state index in [-0.39, 0.29) is 18.0 Å². The smallest absolute Gasteiger partial charge is 0.223 e. The molecule has 2 saturated heterocycles. The summed E-state index contributed by atoms with van der Waals surface area (Å²) in [5.41, 5.74) is 9.20. The van der Waals surface area contributed by atoms with Crippen molar-refractivity contribution in [2.24, 2.45) is 11.7 Å². The topological polar surface area (TPSA) is 68.0 Å². The van der Waals surface area contributed by atoms with Gasteiger partial charge in [0, 0.05) is 38.1 Å². The molecule has 2 fully saturated rings. The van der Waals surface area contributed by atoms with Crippen molar-refractivity contribution in [2.75, 3.05) is 33.9 Å².